The van der Waals surface area contributed by atoms with Gasteiger partial charge in [-0.2, -0.15) is 0 Å². The fraction of sp³-hybridized carbons (Fsp3) is 0.207. The maximum absolute atomic E-state index is 12.1. The normalized spacial score (nSPS) is 17.2. The minimum atomic E-state index is -0.755. The van der Waals surface area contributed by atoms with Gasteiger partial charge in [-0.15, -0.1) is 0 Å². The van der Waals surface area contributed by atoms with Crippen molar-refractivity contribution < 1.29 is 14.6 Å². The molecule has 1 fully saturated rings. The number of hydrogen-bond acceptors (Lipinski definition) is 3. The van der Waals surface area contributed by atoms with E-state index in [1.165, 1.54) is 0 Å². The largest absolute Gasteiger partial charge is 0.489 e. The Bertz CT molecular complexity index is 1250. The van der Waals surface area contributed by atoms with Crippen LogP contribution in [0.5, 0.6) is 5.75 Å². The van der Waals surface area contributed by atoms with Gasteiger partial charge in [0.05, 0.1) is 6.04 Å². The van der Waals surface area contributed by atoms with Crippen LogP contribution < -0.4 is 4.74 Å². The van der Waals surface area contributed by atoms with Gasteiger partial charge in [0.15, 0.2) is 0 Å². The third-order valence-electron chi connectivity index (χ3n) is 6.45. The number of hydrogen-bond donors (Lipinski definition) is 1. The minimum Gasteiger partial charge on any atom is -0.489 e. The molecule has 4 heteroatoms. The van der Waals surface area contributed by atoms with E-state index in [0.717, 1.165) is 46.2 Å². The highest BCUT2D eigenvalue weighted by molar-refractivity contribution is 5.86. The zero-order valence-electron chi connectivity index (χ0n) is 18.4. The third kappa shape index (κ3) is 4.48. The summed E-state index contributed by atoms with van der Waals surface area (Å²) in [6.07, 6.45) is 1.54. The fourth-order valence-electron chi connectivity index (χ4n) is 4.92. The van der Waals surface area contributed by atoms with Crippen LogP contribution in [0.3, 0.4) is 0 Å². The fourth-order valence-corrected chi connectivity index (χ4v) is 4.92. The van der Waals surface area contributed by atoms with Crippen LogP contribution in [0.25, 0.3) is 10.8 Å². The van der Waals surface area contributed by atoms with Gasteiger partial charge in [-0.25, -0.2) is 0 Å². The topological polar surface area (TPSA) is 49.8 Å². The van der Waals surface area contributed by atoms with E-state index in [1.807, 2.05) is 54.6 Å². The number of ether oxygens (including phenoxy) is 1. The summed E-state index contributed by atoms with van der Waals surface area (Å²) in [5.74, 6) is 0.0295. The molecule has 0 aliphatic carbocycles. The number of benzene rings is 4. The zero-order valence-corrected chi connectivity index (χ0v) is 18.4. The molecule has 33 heavy (non-hydrogen) atoms. The lowest BCUT2D eigenvalue weighted by atomic mass is 9.92. The molecule has 1 N–H and O–H groups in total. The highest BCUT2D eigenvalue weighted by Gasteiger charge is 2.37. The van der Waals surface area contributed by atoms with Gasteiger partial charge in [-0.1, -0.05) is 84.9 Å². The third-order valence-corrected chi connectivity index (χ3v) is 6.45. The Kier molecular flexibility index (Phi) is 6.09. The van der Waals surface area contributed by atoms with Crippen LogP contribution in [0.4, 0.5) is 0 Å². The van der Waals surface area contributed by atoms with Crippen molar-refractivity contribution in [3.05, 3.63) is 114 Å². The maximum atomic E-state index is 12.1. The van der Waals surface area contributed by atoms with Crippen molar-refractivity contribution in [2.24, 2.45) is 0 Å². The van der Waals surface area contributed by atoms with E-state index in [9.17, 15) is 9.90 Å². The van der Waals surface area contributed by atoms with Gasteiger partial charge in [-0.3, -0.25) is 9.69 Å². The van der Waals surface area contributed by atoms with Crippen molar-refractivity contribution in [3.8, 4) is 5.75 Å². The number of fused-ring (bicyclic) bond motifs is 1. The molecule has 4 aromatic rings. The van der Waals surface area contributed by atoms with Gasteiger partial charge in [0.25, 0.3) is 0 Å². The first-order valence-corrected chi connectivity index (χ1v) is 11.4. The lowest BCUT2D eigenvalue weighted by molar-refractivity contribution is -0.142. The molecule has 1 aliphatic heterocycles. The summed E-state index contributed by atoms with van der Waals surface area (Å²) in [4.78, 5) is 14.2. The second-order valence-electron chi connectivity index (χ2n) is 8.55. The van der Waals surface area contributed by atoms with E-state index in [2.05, 4.69) is 47.4 Å². The Morgan fingerprint density at radius 2 is 1.70 bits per heavy atom. The number of carboxylic acids is 1. The second-order valence-corrected chi connectivity index (χ2v) is 8.55. The molecule has 1 saturated heterocycles. The van der Waals surface area contributed by atoms with Crippen molar-refractivity contribution in [3.63, 3.8) is 0 Å². The van der Waals surface area contributed by atoms with Crippen LogP contribution in [0.2, 0.25) is 0 Å². The van der Waals surface area contributed by atoms with Crippen molar-refractivity contribution in [2.75, 3.05) is 6.54 Å². The molecular formula is C29H27NO3. The molecule has 166 valence electrons. The van der Waals surface area contributed by atoms with Crippen LogP contribution in [0, 0.1) is 0 Å². The number of rotatable bonds is 7. The van der Waals surface area contributed by atoms with E-state index in [-0.39, 0.29) is 6.04 Å². The summed E-state index contributed by atoms with van der Waals surface area (Å²) >= 11 is 0. The Labute approximate surface area is 194 Å². The maximum Gasteiger partial charge on any atom is 0.320 e. The van der Waals surface area contributed by atoms with Crippen LogP contribution in [0.15, 0.2) is 97.1 Å². The van der Waals surface area contributed by atoms with E-state index < -0.39 is 12.0 Å². The first-order valence-electron chi connectivity index (χ1n) is 11.4. The number of carbonyl (C=O) groups is 1. The van der Waals surface area contributed by atoms with Crippen LogP contribution in [0.1, 0.15) is 35.6 Å². The van der Waals surface area contributed by atoms with Crippen molar-refractivity contribution in [1.29, 1.82) is 0 Å². The average Bonchev–Trinajstić information content (AvgIpc) is 3.34. The minimum absolute atomic E-state index is 0.167. The summed E-state index contributed by atoms with van der Waals surface area (Å²) in [5.41, 5.74) is 3.28. The Hall–Kier alpha value is -3.63. The van der Waals surface area contributed by atoms with Crippen LogP contribution >= 0.6 is 0 Å². The Balaban J connectivity index is 1.55. The van der Waals surface area contributed by atoms with Gasteiger partial charge < -0.3 is 9.84 Å². The van der Waals surface area contributed by atoms with Crippen molar-refractivity contribution in [1.82, 2.24) is 4.90 Å². The number of aliphatic carboxylic acids is 1. The van der Waals surface area contributed by atoms with Gasteiger partial charge in [0.1, 0.15) is 18.4 Å². The van der Waals surface area contributed by atoms with Gasteiger partial charge in [-0.05, 0) is 52.4 Å². The quantitative estimate of drug-likeness (QED) is 0.382. The second kappa shape index (κ2) is 9.47. The molecular weight excluding hydrogens is 410 g/mol. The Morgan fingerprint density at radius 1 is 0.939 bits per heavy atom. The molecule has 2 unspecified atom stereocenters. The van der Waals surface area contributed by atoms with Gasteiger partial charge >= 0.3 is 5.97 Å². The molecule has 0 bridgehead atoms. The lowest BCUT2D eigenvalue weighted by Gasteiger charge is -2.33. The molecule has 1 aliphatic rings. The average molecular weight is 438 g/mol. The van der Waals surface area contributed by atoms with Crippen molar-refractivity contribution >= 4 is 16.7 Å². The highest BCUT2D eigenvalue weighted by atomic mass is 16.5. The van der Waals surface area contributed by atoms with E-state index >= 15 is 0 Å². The SMILES string of the molecule is O=C(O)C1CCCN1C(c1cccc(OCc2ccccc2)c1)c1cccc2ccccc12. The summed E-state index contributed by atoms with van der Waals surface area (Å²) in [5, 5.41) is 12.2. The molecule has 0 amide bonds. The van der Waals surface area contributed by atoms with Gasteiger partial charge in [0, 0.05) is 6.54 Å². The zero-order chi connectivity index (χ0) is 22.6. The van der Waals surface area contributed by atoms with Crippen molar-refractivity contribution in [2.45, 2.75) is 31.5 Å². The molecule has 5 rings (SSSR count). The van der Waals surface area contributed by atoms with E-state index in [0.29, 0.717) is 13.0 Å². The molecule has 0 saturated carbocycles. The smallest absolute Gasteiger partial charge is 0.320 e. The van der Waals surface area contributed by atoms with E-state index in [1.54, 1.807) is 0 Å². The molecule has 0 spiro atoms. The highest BCUT2D eigenvalue weighted by Crippen LogP contribution is 2.39. The lowest BCUT2D eigenvalue weighted by Crippen LogP contribution is -2.39. The number of carboxylic acid groups (broad SMARTS) is 1. The van der Waals surface area contributed by atoms with Crippen LogP contribution in [-0.2, 0) is 11.4 Å². The predicted molar refractivity (Wildman–Crippen MR) is 130 cm³/mol. The first-order chi connectivity index (χ1) is 16.2. The van der Waals surface area contributed by atoms with E-state index in [4.69, 9.17) is 4.74 Å². The molecule has 1 heterocycles. The summed E-state index contributed by atoms with van der Waals surface area (Å²) in [7, 11) is 0. The molecule has 2 atom stereocenters. The number of nitrogens with zero attached hydrogens (tertiary/aromatic N) is 1. The summed E-state index contributed by atoms with van der Waals surface area (Å²) in [6.45, 7) is 1.24. The Morgan fingerprint density at radius 3 is 2.55 bits per heavy atom. The number of likely N-dealkylation sites (tertiary alicyclic amines) is 1. The van der Waals surface area contributed by atoms with Crippen LogP contribution in [-0.4, -0.2) is 28.6 Å². The van der Waals surface area contributed by atoms with Gasteiger partial charge in [0.2, 0.25) is 0 Å². The summed E-state index contributed by atoms with van der Waals surface area (Å²) < 4.78 is 6.11. The monoisotopic (exact) mass is 437 g/mol. The standard InChI is InChI=1S/C29H27NO3/c31-29(32)27-17-8-18-30(27)28(26-16-7-12-22-11-4-5-15-25(22)26)23-13-6-14-24(19-23)33-20-21-9-2-1-3-10-21/h1-7,9-16,19,27-28H,8,17-18,20H2,(H,31,32). The molecule has 0 radical (unpaired) electrons. The predicted octanol–water partition coefficient (Wildman–Crippen LogP) is 6.06. The molecule has 4 nitrogen and oxygen atoms in total. The summed E-state index contributed by atoms with van der Waals surface area (Å²) in [6, 6.07) is 32.1. The first kappa shape index (κ1) is 21.2. The molecule has 0 aromatic heterocycles. The molecule has 4 aromatic carbocycles.